The van der Waals surface area contributed by atoms with Gasteiger partial charge >= 0.3 is 0 Å². The molecule has 0 atom stereocenters. The minimum absolute atomic E-state index is 0.0719. The molecule has 0 fully saturated rings. The second-order valence-corrected chi connectivity index (χ2v) is 11.0. The van der Waals surface area contributed by atoms with Gasteiger partial charge in [-0.3, -0.25) is 4.58 Å². The second-order valence-electron chi connectivity index (χ2n) is 5.90. The van der Waals surface area contributed by atoms with Crippen molar-refractivity contribution in [3.63, 3.8) is 0 Å². The molecule has 0 saturated carbocycles. The molecule has 108 valence electrons. The standard InChI is InChI=1S/C17H25NP2/c1-18-16(11-12-19(2)3)10-9-14-7-6-8-15(17(14)18)13-20(4)5/h6-10H,1,11-13H2,2-5H3. The number of nitrogens with zero attached hydrogens (tertiary/aromatic N) is 1. The summed E-state index contributed by atoms with van der Waals surface area (Å²) in [6.45, 7) is 13.7. The van der Waals surface area contributed by atoms with Gasteiger partial charge < -0.3 is 0 Å². The van der Waals surface area contributed by atoms with Crippen molar-refractivity contribution >= 4 is 34.3 Å². The molecule has 1 heterocycles. The molecule has 2 rings (SSSR count). The maximum absolute atomic E-state index is 4.33. The van der Waals surface area contributed by atoms with Gasteiger partial charge in [0.05, 0.1) is 6.72 Å². The van der Waals surface area contributed by atoms with Crippen LogP contribution in [0.2, 0.25) is 0 Å². The minimum Gasteiger partial charge on any atom is -0.291 e. The Kier molecular flexibility index (Phi) is 5.42. The van der Waals surface area contributed by atoms with E-state index >= 15 is 0 Å². The van der Waals surface area contributed by atoms with E-state index in [9.17, 15) is 0 Å². The van der Waals surface area contributed by atoms with Gasteiger partial charge in [0.1, 0.15) is 11.7 Å². The fourth-order valence-corrected chi connectivity index (χ4v) is 4.13. The van der Waals surface area contributed by atoms with Gasteiger partial charge in [-0.15, -0.1) is 21.9 Å². The van der Waals surface area contributed by atoms with E-state index in [2.05, 4.69) is 68.3 Å². The van der Waals surface area contributed by atoms with Gasteiger partial charge in [0, 0.05) is 6.42 Å². The van der Waals surface area contributed by atoms with E-state index < -0.39 is 0 Å². The lowest BCUT2D eigenvalue weighted by Crippen LogP contribution is -2.16. The fraction of sp³-hybridized carbons (Fsp3) is 0.412. The van der Waals surface area contributed by atoms with Crippen LogP contribution in [0.3, 0.4) is 0 Å². The highest BCUT2D eigenvalue weighted by Crippen LogP contribution is 2.41. The van der Waals surface area contributed by atoms with Crippen molar-refractivity contribution < 1.29 is 4.58 Å². The van der Waals surface area contributed by atoms with Gasteiger partial charge in [-0.25, -0.2) is 0 Å². The van der Waals surface area contributed by atoms with Crippen LogP contribution in [-0.2, 0) is 6.16 Å². The first-order valence-corrected chi connectivity index (χ1v) is 11.9. The highest BCUT2D eigenvalue weighted by Gasteiger charge is 2.21. The Hall–Kier alpha value is -0.640. The highest BCUT2D eigenvalue weighted by atomic mass is 31.1. The molecule has 0 aliphatic carbocycles. The zero-order chi connectivity index (χ0) is 14.7. The molecule has 3 heteroatoms. The third-order valence-corrected chi connectivity index (χ3v) is 5.62. The number of para-hydroxylation sites is 1. The Morgan fingerprint density at radius 2 is 1.90 bits per heavy atom. The summed E-state index contributed by atoms with van der Waals surface area (Å²) in [6, 6.07) is 8.00. The quantitative estimate of drug-likeness (QED) is 0.411. The van der Waals surface area contributed by atoms with Crippen LogP contribution in [0.15, 0.2) is 24.3 Å². The lowest BCUT2D eigenvalue weighted by Gasteiger charge is -2.26. The van der Waals surface area contributed by atoms with Crippen LogP contribution in [0.5, 0.6) is 0 Å². The van der Waals surface area contributed by atoms with Crippen LogP contribution >= 0.6 is 15.8 Å². The molecule has 1 aliphatic rings. The zero-order valence-corrected chi connectivity index (χ0v) is 14.8. The van der Waals surface area contributed by atoms with E-state index in [0.29, 0.717) is 0 Å². The number of hydrogen-bond donors (Lipinski definition) is 0. The lowest BCUT2D eigenvalue weighted by atomic mass is 10.00. The highest BCUT2D eigenvalue weighted by molar-refractivity contribution is 7.56. The average Bonchev–Trinajstić information content (AvgIpc) is 2.37. The van der Waals surface area contributed by atoms with Gasteiger partial charge in [-0.1, -0.05) is 24.3 Å². The summed E-state index contributed by atoms with van der Waals surface area (Å²) in [5, 5.41) is 0. The van der Waals surface area contributed by atoms with Gasteiger partial charge in [-0.2, -0.15) is 0 Å². The molecule has 1 nitrogen and oxygen atoms in total. The fourth-order valence-electron chi connectivity index (χ4n) is 2.52. The first kappa shape index (κ1) is 15.7. The molecule has 20 heavy (non-hydrogen) atoms. The summed E-state index contributed by atoms with van der Waals surface area (Å²) in [4.78, 5) is 0. The summed E-state index contributed by atoms with van der Waals surface area (Å²) < 4.78 is 2.18. The third kappa shape index (κ3) is 3.72. The van der Waals surface area contributed by atoms with E-state index in [0.717, 1.165) is 6.42 Å². The largest absolute Gasteiger partial charge is 0.291 e. The summed E-state index contributed by atoms with van der Waals surface area (Å²) in [5.74, 6) is 0. The maximum Gasteiger partial charge on any atom is 0.133 e. The summed E-state index contributed by atoms with van der Waals surface area (Å²) in [7, 11) is 0.233. The Balaban J connectivity index is 2.27. The second kappa shape index (κ2) is 6.88. The molecule has 0 spiro atoms. The van der Waals surface area contributed by atoms with Gasteiger partial charge in [0.25, 0.3) is 0 Å². The Morgan fingerprint density at radius 3 is 2.55 bits per heavy atom. The number of rotatable bonds is 5. The zero-order valence-electron chi connectivity index (χ0n) is 13.1. The molecule has 0 N–H and O–H groups in total. The van der Waals surface area contributed by atoms with Crippen LogP contribution in [0.1, 0.15) is 17.5 Å². The van der Waals surface area contributed by atoms with Crippen LogP contribution < -0.4 is 0 Å². The smallest absolute Gasteiger partial charge is 0.133 e. The van der Waals surface area contributed by atoms with E-state index in [-0.39, 0.29) is 15.8 Å². The lowest BCUT2D eigenvalue weighted by molar-refractivity contribution is -0.410. The topological polar surface area (TPSA) is 3.01 Å². The van der Waals surface area contributed by atoms with E-state index in [4.69, 9.17) is 0 Å². The van der Waals surface area contributed by atoms with Crippen molar-refractivity contribution in [3.05, 3.63) is 41.4 Å². The Morgan fingerprint density at radius 1 is 1.15 bits per heavy atom. The van der Waals surface area contributed by atoms with Crippen molar-refractivity contribution in [1.82, 2.24) is 0 Å². The monoisotopic (exact) mass is 305 g/mol. The molecule has 0 saturated heterocycles. The number of hydrogen-bond acceptors (Lipinski definition) is 0. The van der Waals surface area contributed by atoms with Gasteiger partial charge in [-0.05, 0) is 50.1 Å². The van der Waals surface area contributed by atoms with E-state index in [1.165, 1.54) is 35.2 Å². The molecule has 0 radical (unpaired) electrons. The number of fused-ring (bicyclic) bond motifs is 1. The Labute approximate surface area is 126 Å². The molecule has 1 aromatic carbocycles. The third-order valence-electron chi connectivity index (χ3n) is 3.52. The molecule has 0 amide bonds. The van der Waals surface area contributed by atoms with Crippen molar-refractivity contribution in [2.24, 2.45) is 0 Å². The first-order chi connectivity index (χ1) is 9.49. The summed E-state index contributed by atoms with van der Waals surface area (Å²) in [5.41, 5.74) is 4.09. The molecular weight excluding hydrogens is 280 g/mol. The normalized spacial score (nSPS) is 14.3. The van der Waals surface area contributed by atoms with Crippen molar-refractivity contribution in [2.45, 2.75) is 12.6 Å². The van der Waals surface area contributed by atoms with Crippen LogP contribution in [0.4, 0.5) is 5.69 Å². The van der Waals surface area contributed by atoms with Gasteiger partial charge in [0.15, 0.2) is 0 Å². The van der Waals surface area contributed by atoms with Crippen LogP contribution in [0.25, 0.3) is 6.08 Å². The van der Waals surface area contributed by atoms with Crippen molar-refractivity contribution in [3.8, 4) is 0 Å². The van der Waals surface area contributed by atoms with Crippen LogP contribution in [-0.4, -0.2) is 44.1 Å². The SMILES string of the molecule is C=[N+]1c2c(cccc2CP(C)C)C=C[C-]1CCP(C)C. The molecule has 0 bridgehead atoms. The van der Waals surface area contributed by atoms with Gasteiger partial charge in [0.2, 0.25) is 0 Å². The maximum atomic E-state index is 4.33. The molecule has 1 aromatic rings. The minimum atomic E-state index is 0.0719. The molecule has 1 aliphatic heterocycles. The summed E-state index contributed by atoms with van der Waals surface area (Å²) in [6.07, 6.45) is 8.11. The average molecular weight is 305 g/mol. The number of benzene rings is 1. The summed E-state index contributed by atoms with van der Waals surface area (Å²) >= 11 is 0. The van der Waals surface area contributed by atoms with Crippen molar-refractivity contribution in [1.29, 1.82) is 0 Å². The van der Waals surface area contributed by atoms with E-state index in [1.807, 2.05) is 0 Å². The predicted molar refractivity (Wildman–Crippen MR) is 96.5 cm³/mol. The Bertz CT molecular complexity index is 518. The predicted octanol–water partition coefficient (Wildman–Crippen LogP) is 4.96. The van der Waals surface area contributed by atoms with E-state index in [1.54, 1.807) is 0 Å². The molecular formula is C17H25NP2. The van der Waals surface area contributed by atoms with Crippen molar-refractivity contribution in [2.75, 3.05) is 32.8 Å². The van der Waals surface area contributed by atoms with Crippen LogP contribution in [0, 0.1) is 6.04 Å². The molecule has 0 unspecified atom stereocenters. The molecule has 0 aromatic heterocycles. The first-order valence-electron chi connectivity index (χ1n) is 7.05.